The number of rotatable bonds is 7. The van der Waals surface area contributed by atoms with E-state index in [0.29, 0.717) is 18.5 Å². The van der Waals surface area contributed by atoms with E-state index in [1.807, 2.05) is 6.92 Å². The highest BCUT2D eigenvalue weighted by molar-refractivity contribution is 7.90. The van der Waals surface area contributed by atoms with E-state index in [9.17, 15) is 13.2 Å². The Morgan fingerprint density at radius 2 is 2.10 bits per heavy atom. The van der Waals surface area contributed by atoms with Gasteiger partial charge in [-0.2, -0.15) is 0 Å². The summed E-state index contributed by atoms with van der Waals surface area (Å²) in [6.45, 7) is 2.34. The molecule has 0 unspecified atom stereocenters. The Hall–Kier alpha value is -1.14. The minimum absolute atomic E-state index is 0.0610. The fourth-order valence-corrected chi connectivity index (χ4v) is 2.60. The molecule has 5 nitrogen and oxygen atoms in total. The number of carbonyl (C=O) groups is 1. The third-order valence-electron chi connectivity index (χ3n) is 2.59. The number of amides is 1. The van der Waals surface area contributed by atoms with E-state index in [0.717, 1.165) is 18.5 Å². The molecule has 1 rings (SSSR count). The van der Waals surface area contributed by atoms with Crippen LogP contribution in [0.25, 0.3) is 0 Å². The summed E-state index contributed by atoms with van der Waals surface area (Å²) in [6, 6.07) is 3.22. The summed E-state index contributed by atoms with van der Waals surface area (Å²) in [5.74, 6) is -0.203. The molecule has 0 saturated carbocycles. The van der Waals surface area contributed by atoms with E-state index in [1.54, 1.807) is 6.07 Å². The van der Waals surface area contributed by atoms with Crippen molar-refractivity contribution in [1.82, 2.24) is 10.3 Å². The van der Waals surface area contributed by atoms with Gasteiger partial charge < -0.3 is 5.32 Å². The van der Waals surface area contributed by atoms with Crippen LogP contribution in [0.2, 0.25) is 5.15 Å². The topological polar surface area (TPSA) is 76.1 Å². The van der Waals surface area contributed by atoms with Crippen molar-refractivity contribution >= 4 is 27.3 Å². The number of carbonyl (C=O) groups excluding carboxylic acids is 1. The van der Waals surface area contributed by atoms with Gasteiger partial charge in [-0.05, 0) is 25.0 Å². The fraction of sp³-hybridized carbons (Fsp3) is 0.538. The van der Waals surface area contributed by atoms with Crippen LogP contribution in [0.15, 0.2) is 12.1 Å². The molecule has 0 spiro atoms. The lowest BCUT2D eigenvalue weighted by atomic mass is 10.1. The second kappa shape index (κ2) is 7.59. The van der Waals surface area contributed by atoms with E-state index >= 15 is 0 Å². The van der Waals surface area contributed by atoms with Crippen LogP contribution in [0.1, 0.15) is 35.8 Å². The van der Waals surface area contributed by atoms with Gasteiger partial charge in [0.2, 0.25) is 0 Å². The first-order valence-electron chi connectivity index (χ1n) is 6.44. The van der Waals surface area contributed by atoms with Gasteiger partial charge in [-0.15, -0.1) is 0 Å². The molecule has 0 aliphatic rings. The largest absolute Gasteiger partial charge is 0.352 e. The number of hydrogen-bond donors (Lipinski definition) is 1. The average Bonchev–Trinajstić information content (AvgIpc) is 2.33. The van der Waals surface area contributed by atoms with Crippen LogP contribution < -0.4 is 5.32 Å². The molecule has 0 aliphatic heterocycles. The Labute approximate surface area is 124 Å². The molecular formula is C13H19ClN2O3S. The molecule has 1 heterocycles. The first-order valence-corrected chi connectivity index (χ1v) is 8.88. The minimum atomic E-state index is -2.99. The van der Waals surface area contributed by atoms with Gasteiger partial charge in [-0.25, -0.2) is 13.4 Å². The summed E-state index contributed by atoms with van der Waals surface area (Å²) in [6.07, 6.45) is 3.25. The first-order chi connectivity index (χ1) is 9.31. The number of pyridine rings is 1. The highest BCUT2D eigenvalue weighted by atomic mass is 35.5. The normalized spacial score (nSPS) is 11.3. The van der Waals surface area contributed by atoms with Crippen molar-refractivity contribution in [2.75, 3.05) is 18.6 Å². The third kappa shape index (κ3) is 6.34. The molecule has 1 amide bonds. The molecule has 0 radical (unpaired) electrons. The van der Waals surface area contributed by atoms with Gasteiger partial charge in [0.25, 0.3) is 5.91 Å². The van der Waals surface area contributed by atoms with Crippen LogP contribution >= 0.6 is 11.6 Å². The lowest BCUT2D eigenvalue weighted by Gasteiger charge is -2.07. The molecule has 7 heteroatoms. The van der Waals surface area contributed by atoms with Crippen LogP contribution in [-0.2, 0) is 16.3 Å². The predicted octanol–water partition coefficient (Wildman–Crippen LogP) is 1.85. The fourth-order valence-electron chi connectivity index (χ4n) is 1.70. The van der Waals surface area contributed by atoms with E-state index in [-0.39, 0.29) is 16.8 Å². The van der Waals surface area contributed by atoms with Crippen molar-refractivity contribution in [1.29, 1.82) is 0 Å². The standard InChI is InChI=1S/C13H19ClN2O3S/c1-3-5-11-8-10(9-12(14)16-11)13(17)15-6-4-7-20(2,18)19/h8-9H,3-7H2,1-2H3,(H,15,17). The van der Waals surface area contributed by atoms with Gasteiger partial charge in [0.15, 0.2) is 0 Å². The summed E-state index contributed by atoms with van der Waals surface area (Å²) >= 11 is 5.88. The molecule has 1 aromatic rings. The smallest absolute Gasteiger partial charge is 0.251 e. The van der Waals surface area contributed by atoms with Crippen LogP contribution in [0, 0.1) is 0 Å². The Bertz CT molecular complexity index is 573. The Balaban J connectivity index is 2.59. The summed E-state index contributed by atoms with van der Waals surface area (Å²) < 4.78 is 21.9. The molecule has 0 atom stereocenters. The van der Waals surface area contributed by atoms with Crippen LogP contribution in [0.4, 0.5) is 0 Å². The van der Waals surface area contributed by atoms with Gasteiger partial charge in [0, 0.05) is 24.1 Å². The van der Waals surface area contributed by atoms with E-state index in [1.165, 1.54) is 12.3 Å². The number of aromatic nitrogens is 1. The second-order valence-corrected chi connectivity index (χ2v) is 7.31. The highest BCUT2D eigenvalue weighted by Crippen LogP contribution is 2.12. The zero-order valence-electron chi connectivity index (χ0n) is 11.6. The maximum absolute atomic E-state index is 11.9. The quantitative estimate of drug-likeness (QED) is 0.615. The molecule has 20 heavy (non-hydrogen) atoms. The number of sulfone groups is 1. The van der Waals surface area contributed by atoms with Crippen molar-refractivity contribution in [3.8, 4) is 0 Å². The SMILES string of the molecule is CCCc1cc(C(=O)NCCCS(C)(=O)=O)cc(Cl)n1. The lowest BCUT2D eigenvalue weighted by Crippen LogP contribution is -2.26. The van der Waals surface area contributed by atoms with Crippen LogP contribution in [0.5, 0.6) is 0 Å². The Morgan fingerprint density at radius 1 is 1.40 bits per heavy atom. The van der Waals surface area contributed by atoms with Gasteiger partial charge in [-0.3, -0.25) is 4.79 Å². The van der Waals surface area contributed by atoms with E-state index in [4.69, 9.17) is 11.6 Å². The average molecular weight is 319 g/mol. The summed E-state index contributed by atoms with van der Waals surface area (Å²) in [7, 11) is -2.99. The van der Waals surface area contributed by atoms with Crippen molar-refractivity contribution < 1.29 is 13.2 Å². The molecule has 0 saturated heterocycles. The Morgan fingerprint density at radius 3 is 2.70 bits per heavy atom. The lowest BCUT2D eigenvalue weighted by molar-refractivity contribution is 0.0953. The van der Waals surface area contributed by atoms with Crippen molar-refractivity contribution in [2.24, 2.45) is 0 Å². The molecule has 1 N–H and O–H groups in total. The predicted molar refractivity (Wildman–Crippen MR) is 79.9 cm³/mol. The number of nitrogens with zero attached hydrogens (tertiary/aromatic N) is 1. The van der Waals surface area contributed by atoms with Crippen molar-refractivity contribution in [3.63, 3.8) is 0 Å². The minimum Gasteiger partial charge on any atom is -0.352 e. The molecule has 0 aromatic carbocycles. The first kappa shape index (κ1) is 16.9. The van der Waals surface area contributed by atoms with E-state index < -0.39 is 9.84 Å². The molecule has 0 aliphatic carbocycles. The number of halogens is 1. The van der Waals surface area contributed by atoms with Gasteiger partial charge in [-0.1, -0.05) is 24.9 Å². The second-order valence-electron chi connectivity index (χ2n) is 4.66. The van der Waals surface area contributed by atoms with E-state index in [2.05, 4.69) is 10.3 Å². The van der Waals surface area contributed by atoms with Crippen molar-refractivity contribution in [2.45, 2.75) is 26.2 Å². The number of aryl methyl sites for hydroxylation is 1. The molecule has 112 valence electrons. The van der Waals surface area contributed by atoms with Crippen LogP contribution in [0.3, 0.4) is 0 Å². The Kier molecular flexibility index (Phi) is 6.42. The molecule has 0 fully saturated rings. The van der Waals surface area contributed by atoms with Crippen LogP contribution in [-0.4, -0.2) is 37.9 Å². The summed E-state index contributed by atoms with van der Waals surface area (Å²) in [5, 5.41) is 2.97. The zero-order chi connectivity index (χ0) is 15.2. The van der Waals surface area contributed by atoms with Gasteiger partial charge in [0.1, 0.15) is 15.0 Å². The monoisotopic (exact) mass is 318 g/mol. The number of nitrogens with one attached hydrogen (secondary N) is 1. The highest BCUT2D eigenvalue weighted by Gasteiger charge is 2.09. The van der Waals surface area contributed by atoms with Crippen molar-refractivity contribution in [3.05, 3.63) is 28.5 Å². The molecule has 0 bridgehead atoms. The molecular weight excluding hydrogens is 300 g/mol. The maximum Gasteiger partial charge on any atom is 0.251 e. The summed E-state index contributed by atoms with van der Waals surface area (Å²) in [5.41, 5.74) is 1.23. The van der Waals surface area contributed by atoms with Gasteiger partial charge >= 0.3 is 0 Å². The zero-order valence-corrected chi connectivity index (χ0v) is 13.2. The third-order valence-corrected chi connectivity index (χ3v) is 3.82. The number of hydrogen-bond acceptors (Lipinski definition) is 4. The molecule has 1 aromatic heterocycles. The maximum atomic E-state index is 11.9. The van der Waals surface area contributed by atoms with Gasteiger partial charge in [0.05, 0.1) is 5.75 Å². The summed E-state index contributed by atoms with van der Waals surface area (Å²) in [4.78, 5) is 16.1.